The molecule has 1 aliphatic heterocycles. The fourth-order valence-corrected chi connectivity index (χ4v) is 4.20. The Morgan fingerprint density at radius 3 is 2.81 bits per heavy atom. The molecule has 1 aliphatic rings. The molecule has 0 saturated heterocycles. The van der Waals surface area contributed by atoms with E-state index in [1.807, 2.05) is 26.0 Å². The van der Waals surface area contributed by atoms with Crippen LogP contribution in [-0.2, 0) is 4.79 Å². The summed E-state index contributed by atoms with van der Waals surface area (Å²) in [5, 5.41) is 11.3. The van der Waals surface area contributed by atoms with Gasteiger partial charge in [0.05, 0.1) is 17.9 Å². The van der Waals surface area contributed by atoms with Crippen molar-refractivity contribution in [2.45, 2.75) is 32.0 Å². The molecule has 0 spiro atoms. The lowest BCUT2D eigenvalue weighted by Crippen LogP contribution is -2.31. The summed E-state index contributed by atoms with van der Waals surface area (Å²) in [6.07, 6.45) is 0. The Morgan fingerprint density at radius 1 is 1.25 bits per heavy atom. The Bertz CT molecular complexity index is 1180. The van der Waals surface area contributed by atoms with Gasteiger partial charge in [-0.05, 0) is 49.4 Å². The number of nitrogens with zero attached hydrogens (tertiary/aromatic N) is 3. The standard InChI is InChI=1S/C23H24FN5O2S/c1-4-31-18-12-7-6-11-17(18)26-21(30)19-14(3)25-22-27-23(32-5-2)28-29(22)20(19)15-9-8-10-16(24)13-15/h6-13,20H,4-5H2,1-3H3,(H,26,30)(H,25,27,28). The van der Waals surface area contributed by atoms with E-state index < -0.39 is 6.04 Å². The van der Waals surface area contributed by atoms with Gasteiger partial charge in [-0.2, -0.15) is 4.98 Å². The van der Waals surface area contributed by atoms with E-state index in [1.165, 1.54) is 23.9 Å². The molecule has 1 aromatic heterocycles. The molecule has 2 N–H and O–H groups in total. The Kier molecular flexibility index (Phi) is 6.45. The summed E-state index contributed by atoms with van der Waals surface area (Å²) in [5.74, 6) is 1.18. The van der Waals surface area contributed by atoms with Crippen molar-refractivity contribution in [2.24, 2.45) is 0 Å². The van der Waals surface area contributed by atoms with Crippen LogP contribution in [0.3, 0.4) is 0 Å². The summed E-state index contributed by atoms with van der Waals surface area (Å²) in [4.78, 5) is 18.0. The average Bonchev–Trinajstić information content (AvgIpc) is 3.16. The lowest BCUT2D eigenvalue weighted by Gasteiger charge is -2.28. The van der Waals surface area contributed by atoms with Crippen LogP contribution < -0.4 is 15.4 Å². The van der Waals surface area contributed by atoms with E-state index in [1.54, 1.807) is 35.9 Å². The van der Waals surface area contributed by atoms with Crippen molar-refractivity contribution in [3.63, 3.8) is 0 Å². The van der Waals surface area contributed by atoms with Crippen LogP contribution in [0.4, 0.5) is 16.0 Å². The first-order valence-electron chi connectivity index (χ1n) is 10.4. The van der Waals surface area contributed by atoms with E-state index in [0.717, 1.165) is 5.75 Å². The van der Waals surface area contributed by atoms with Crippen molar-refractivity contribution < 1.29 is 13.9 Å². The van der Waals surface area contributed by atoms with E-state index >= 15 is 0 Å². The number of halogens is 1. The van der Waals surface area contributed by atoms with E-state index in [4.69, 9.17) is 4.74 Å². The number of fused-ring (bicyclic) bond motifs is 1. The minimum absolute atomic E-state index is 0.331. The van der Waals surface area contributed by atoms with Gasteiger partial charge >= 0.3 is 0 Å². The predicted octanol–water partition coefficient (Wildman–Crippen LogP) is 4.86. The lowest BCUT2D eigenvalue weighted by molar-refractivity contribution is -0.113. The van der Waals surface area contributed by atoms with E-state index in [9.17, 15) is 9.18 Å². The fourth-order valence-electron chi connectivity index (χ4n) is 3.64. The number of ether oxygens (including phenoxy) is 1. The molecule has 166 valence electrons. The third kappa shape index (κ3) is 4.34. The van der Waals surface area contributed by atoms with E-state index in [2.05, 4.69) is 20.7 Å². The second-order valence-electron chi connectivity index (χ2n) is 7.10. The van der Waals surface area contributed by atoms with Crippen LogP contribution in [0.15, 0.2) is 65.0 Å². The highest BCUT2D eigenvalue weighted by atomic mass is 32.2. The maximum Gasteiger partial charge on any atom is 0.255 e. The number of benzene rings is 2. The summed E-state index contributed by atoms with van der Waals surface area (Å²) in [6.45, 7) is 6.18. The zero-order valence-corrected chi connectivity index (χ0v) is 18.9. The van der Waals surface area contributed by atoms with Crippen LogP contribution in [0.1, 0.15) is 32.4 Å². The molecule has 1 amide bonds. The van der Waals surface area contributed by atoms with Gasteiger partial charge in [0.25, 0.3) is 5.91 Å². The number of hydrogen-bond acceptors (Lipinski definition) is 6. The number of aromatic nitrogens is 3. The number of allylic oxidation sites excluding steroid dienone is 1. The predicted molar refractivity (Wildman–Crippen MR) is 124 cm³/mol. The maximum atomic E-state index is 14.1. The molecule has 0 aliphatic carbocycles. The fraction of sp³-hybridized carbons (Fsp3) is 0.261. The molecule has 2 heterocycles. The normalized spacial score (nSPS) is 15.2. The number of carbonyl (C=O) groups is 1. The largest absolute Gasteiger partial charge is 0.492 e. The van der Waals surface area contributed by atoms with Gasteiger partial charge in [0, 0.05) is 5.70 Å². The van der Waals surface area contributed by atoms with Crippen LogP contribution in [0.2, 0.25) is 0 Å². The third-order valence-electron chi connectivity index (χ3n) is 4.95. The molecular formula is C23H24FN5O2S. The molecule has 9 heteroatoms. The Morgan fingerprint density at radius 2 is 2.06 bits per heavy atom. The Hall–Kier alpha value is -3.33. The smallest absolute Gasteiger partial charge is 0.255 e. The van der Waals surface area contributed by atoms with E-state index in [-0.39, 0.29) is 11.7 Å². The number of rotatable bonds is 7. The average molecular weight is 454 g/mol. The summed E-state index contributed by atoms with van der Waals surface area (Å²) < 4.78 is 21.4. The number of nitrogens with one attached hydrogen (secondary N) is 2. The molecular weight excluding hydrogens is 429 g/mol. The third-order valence-corrected chi connectivity index (χ3v) is 5.67. The zero-order chi connectivity index (χ0) is 22.7. The van der Waals surface area contributed by atoms with Gasteiger partial charge in [0.1, 0.15) is 17.6 Å². The van der Waals surface area contributed by atoms with Crippen molar-refractivity contribution >= 4 is 29.3 Å². The summed E-state index contributed by atoms with van der Waals surface area (Å²) in [7, 11) is 0. The second kappa shape index (κ2) is 9.44. The lowest BCUT2D eigenvalue weighted by atomic mass is 9.95. The van der Waals surface area contributed by atoms with Crippen molar-refractivity contribution in [3.8, 4) is 5.75 Å². The molecule has 32 heavy (non-hydrogen) atoms. The molecule has 0 bridgehead atoms. The molecule has 0 fully saturated rings. The number of para-hydroxylation sites is 2. The summed E-state index contributed by atoms with van der Waals surface area (Å²) in [5.41, 5.74) is 2.21. The number of hydrogen-bond donors (Lipinski definition) is 2. The van der Waals surface area contributed by atoms with Gasteiger partial charge in [-0.1, -0.05) is 43.0 Å². The van der Waals surface area contributed by atoms with Crippen LogP contribution in [0, 0.1) is 5.82 Å². The van der Waals surface area contributed by atoms with Crippen molar-refractivity contribution in [1.82, 2.24) is 14.8 Å². The monoisotopic (exact) mass is 453 g/mol. The van der Waals surface area contributed by atoms with Crippen LogP contribution in [0.25, 0.3) is 0 Å². The van der Waals surface area contributed by atoms with Crippen LogP contribution in [-0.4, -0.2) is 33.0 Å². The van der Waals surface area contributed by atoms with Crippen molar-refractivity contribution in [2.75, 3.05) is 23.0 Å². The number of thioether (sulfide) groups is 1. The second-order valence-corrected chi connectivity index (χ2v) is 8.33. The Balaban J connectivity index is 1.77. The van der Waals surface area contributed by atoms with Crippen LogP contribution in [0.5, 0.6) is 5.75 Å². The van der Waals surface area contributed by atoms with Gasteiger partial charge in [0.15, 0.2) is 0 Å². The van der Waals surface area contributed by atoms with Gasteiger partial charge in [-0.3, -0.25) is 4.79 Å². The van der Waals surface area contributed by atoms with Crippen molar-refractivity contribution in [1.29, 1.82) is 0 Å². The highest BCUT2D eigenvalue weighted by Gasteiger charge is 2.34. The molecule has 1 unspecified atom stereocenters. The van der Waals surface area contributed by atoms with E-state index in [0.29, 0.717) is 46.0 Å². The number of anilines is 2. The topological polar surface area (TPSA) is 81.1 Å². The molecule has 3 aromatic rings. The van der Waals surface area contributed by atoms with Gasteiger partial charge in [-0.15, -0.1) is 5.10 Å². The molecule has 0 saturated carbocycles. The quantitative estimate of drug-likeness (QED) is 0.498. The first kappa shape index (κ1) is 21.9. The number of carbonyl (C=O) groups excluding carboxylic acids is 1. The van der Waals surface area contributed by atoms with Crippen LogP contribution >= 0.6 is 11.8 Å². The molecule has 7 nitrogen and oxygen atoms in total. The van der Waals surface area contributed by atoms with Gasteiger partial charge in [-0.25, -0.2) is 9.07 Å². The van der Waals surface area contributed by atoms with Gasteiger partial charge < -0.3 is 15.4 Å². The first-order chi connectivity index (χ1) is 15.5. The summed E-state index contributed by atoms with van der Waals surface area (Å²) in [6, 6.07) is 12.8. The highest BCUT2D eigenvalue weighted by Crippen LogP contribution is 2.37. The minimum Gasteiger partial charge on any atom is -0.492 e. The number of amides is 1. The molecule has 0 radical (unpaired) electrons. The highest BCUT2D eigenvalue weighted by molar-refractivity contribution is 7.99. The first-order valence-corrected chi connectivity index (χ1v) is 11.4. The minimum atomic E-state index is -0.639. The van der Waals surface area contributed by atoms with Gasteiger partial charge in [0.2, 0.25) is 11.1 Å². The maximum absolute atomic E-state index is 14.1. The summed E-state index contributed by atoms with van der Waals surface area (Å²) >= 11 is 1.50. The zero-order valence-electron chi connectivity index (χ0n) is 18.1. The Labute approximate surface area is 190 Å². The SMILES string of the molecule is CCOc1ccccc1NC(=O)C1=C(C)Nc2nc(SCC)nn2C1c1cccc(F)c1. The molecule has 2 aromatic carbocycles. The molecule has 1 atom stereocenters. The van der Waals surface area contributed by atoms with Crippen molar-refractivity contribution in [3.05, 3.63) is 71.2 Å². The molecule has 4 rings (SSSR count).